The number of hydrogen-bond acceptors (Lipinski definition) is 3. The molecular weight excluding hydrogens is 220 g/mol. The van der Waals surface area contributed by atoms with Crippen molar-refractivity contribution in [3.63, 3.8) is 0 Å². The van der Waals surface area contributed by atoms with Crippen LogP contribution in [-0.2, 0) is 9.59 Å². The van der Waals surface area contributed by atoms with Crippen molar-refractivity contribution in [2.45, 2.75) is 50.6 Å². The van der Waals surface area contributed by atoms with E-state index in [4.69, 9.17) is 5.11 Å². The van der Waals surface area contributed by atoms with Crippen LogP contribution in [0.15, 0.2) is 0 Å². The van der Waals surface area contributed by atoms with Gasteiger partial charge in [-0.1, -0.05) is 6.42 Å². The van der Waals surface area contributed by atoms with E-state index in [1.54, 1.807) is 0 Å². The average Bonchev–Trinajstić information content (AvgIpc) is 2.66. The van der Waals surface area contributed by atoms with E-state index in [-0.39, 0.29) is 24.4 Å². The molecule has 2 fully saturated rings. The molecule has 2 atom stereocenters. The first-order valence-electron chi connectivity index (χ1n) is 6.40. The second kappa shape index (κ2) is 5.49. The van der Waals surface area contributed by atoms with Crippen LogP contribution in [0.25, 0.3) is 0 Å². The molecule has 0 aliphatic carbocycles. The van der Waals surface area contributed by atoms with E-state index >= 15 is 0 Å². The lowest BCUT2D eigenvalue weighted by Gasteiger charge is -2.36. The van der Waals surface area contributed by atoms with Crippen LogP contribution in [0.3, 0.4) is 0 Å². The van der Waals surface area contributed by atoms with Crippen molar-refractivity contribution in [2.75, 3.05) is 13.1 Å². The normalized spacial score (nSPS) is 30.2. The van der Waals surface area contributed by atoms with Gasteiger partial charge in [0.25, 0.3) is 0 Å². The molecule has 2 saturated heterocycles. The number of amides is 1. The SMILES string of the molecule is O=C(O)CC1CCCCN1CC1CCC(=O)N1. The molecule has 2 rings (SSSR count). The Bertz CT molecular complexity index is 306. The molecule has 2 aliphatic heterocycles. The molecular formula is C12H20N2O3. The number of piperidine rings is 1. The van der Waals surface area contributed by atoms with E-state index in [0.29, 0.717) is 6.42 Å². The first-order chi connectivity index (χ1) is 8.15. The predicted molar refractivity (Wildman–Crippen MR) is 62.6 cm³/mol. The molecule has 17 heavy (non-hydrogen) atoms. The summed E-state index contributed by atoms with van der Waals surface area (Å²) in [4.78, 5) is 24.2. The van der Waals surface area contributed by atoms with E-state index in [0.717, 1.165) is 38.8 Å². The van der Waals surface area contributed by atoms with Crippen molar-refractivity contribution in [1.29, 1.82) is 0 Å². The molecule has 2 aliphatic rings. The van der Waals surface area contributed by atoms with Gasteiger partial charge in [-0.25, -0.2) is 0 Å². The fourth-order valence-corrected chi connectivity index (χ4v) is 2.83. The Labute approximate surface area is 101 Å². The fourth-order valence-electron chi connectivity index (χ4n) is 2.83. The average molecular weight is 240 g/mol. The highest BCUT2D eigenvalue weighted by atomic mass is 16.4. The Morgan fingerprint density at radius 2 is 2.24 bits per heavy atom. The van der Waals surface area contributed by atoms with Crippen molar-refractivity contribution in [1.82, 2.24) is 10.2 Å². The lowest BCUT2D eigenvalue weighted by molar-refractivity contribution is -0.138. The topological polar surface area (TPSA) is 69.6 Å². The number of carboxylic acid groups (broad SMARTS) is 1. The summed E-state index contributed by atoms with van der Waals surface area (Å²) in [6, 6.07) is 0.371. The summed E-state index contributed by atoms with van der Waals surface area (Å²) >= 11 is 0. The van der Waals surface area contributed by atoms with Gasteiger partial charge in [0.05, 0.1) is 6.42 Å². The molecule has 0 aromatic heterocycles. The standard InChI is InChI=1S/C12H20N2O3/c15-11-5-4-9(13-11)8-14-6-2-1-3-10(14)7-12(16)17/h9-10H,1-8H2,(H,13,15)(H,16,17). The predicted octanol–water partition coefficient (Wildman–Crippen LogP) is 0.594. The third kappa shape index (κ3) is 3.43. The molecule has 2 N–H and O–H groups in total. The van der Waals surface area contributed by atoms with Crippen LogP contribution >= 0.6 is 0 Å². The van der Waals surface area contributed by atoms with E-state index in [1.807, 2.05) is 0 Å². The highest BCUT2D eigenvalue weighted by Crippen LogP contribution is 2.21. The zero-order chi connectivity index (χ0) is 12.3. The molecule has 0 bridgehead atoms. The monoisotopic (exact) mass is 240 g/mol. The largest absolute Gasteiger partial charge is 0.481 e. The van der Waals surface area contributed by atoms with Crippen LogP contribution < -0.4 is 5.32 Å². The number of likely N-dealkylation sites (tertiary alicyclic amines) is 1. The summed E-state index contributed by atoms with van der Waals surface area (Å²) in [6.45, 7) is 1.77. The maximum absolute atomic E-state index is 11.1. The van der Waals surface area contributed by atoms with Gasteiger partial charge in [-0.05, 0) is 25.8 Å². The number of rotatable bonds is 4. The Morgan fingerprint density at radius 3 is 2.88 bits per heavy atom. The van der Waals surface area contributed by atoms with Gasteiger partial charge < -0.3 is 10.4 Å². The van der Waals surface area contributed by atoms with Gasteiger partial charge >= 0.3 is 5.97 Å². The molecule has 5 nitrogen and oxygen atoms in total. The number of hydrogen-bond donors (Lipinski definition) is 2. The molecule has 0 saturated carbocycles. The fraction of sp³-hybridized carbons (Fsp3) is 0.833. The summed E-state index contributed by atoms with van der Waals surface area (Å²) < 4.78 is 0. The third-order valence-electron chi connectivity index (χ3n) is 3.70. The van der Waals surface area contributed by atoms with E-state index in [2.05, 4.69) is 10.2 Å². The Morgan fingerprint density at radius 1 is 1.41 bits per heavy atom. The Balaban J connectivity index is 1.87. The van der Waals surface area contributed by atoms with Crippen LogP contribution in [0, 0.1) is 0 Å². The number of carbonyl (C=O) groups excluding carboxylic acids is 1. The van der Waals surface area contributed by atoms with E-state index in [9.17, 15) is 9.59 Å². The Kier molecular flexibility index (Phi) is 3.99. The highest BCUT2D eigenvalue weighted by molar-refractivity contribution is 5.78. The summed E-state index contributed by atoms with van der Waals surface area (Å²) in [7, 11) is 0. The lowest BCUT2D eigenvalue weighted by atomic mass is 9.98. The van der Waals surface area contributed by atoms with Gasteiger partial charge in [-0.3, -0.25) is 14.5 Å². The smallest absolute Gasteiger partial charge is 0.304 e. The van der Waals surface area contributed by atoms with Crippen LogP contribution in [0.1, 0.15) is 38.5 Å². The van der Waals surface area contributed by atoms with Crippen LogP contribution in [0.5, 0.6) is 0 Å². The first-order valence-corrected chi connectivity index (χ1v) is 6.40. The summed E-state index contributed by atoms with van der Waals surface area (Å²) in [5.41, 5.74) is 0. The molecule has 5 heteroatoms. The molecule has 1 amide bonds. The minimum atomic E-state index is -0.725. The van der Waals surface area contributed by atoms with Gasteiger partial charge in [0.15, 0.2) is 0 Å². The number of nitrogens with zero attached hydrogens (tertiary/aromatic N) is 1. The molecule has 0 aromatic rings. The zero-order valence-electron chi connectivity index (χ0n) is 10.0. The third-order valence-corrected chi connectivity index (χ3v) is 3.70. The molecule has 2 unspecified atom stereocenters. The van der Waals surface area contributed by atoms with Crippen LogP contribution in [0.2, 0.25) is 0 Å². The lowest BCUT2D eigenvalue weighted by Crippen LogP contribution is -2.47. The second-order valence-corrected chi connectivity index (χ2v) is 5.05. The minimum absolute atomic E-state index is 0.127. The summed E-state index contributed by atoms with van der Waals surface area (Å²) in [6.07, 6.45) is 4.94. The van der Waals surface area contributed by atoms with Crippen molar-refractivity contribution in [3.8, 4) is 0 Å². The van der Waals surface area contributed by atoms with Gasteiger partial charge in [0, 0.05) is 25.0 Å². The maximum Gasteiger partial charge on any atom is 0.304 e. The quantitative estimate of drug-likeness (QED) is 0.754. The van der Waals surface area contributed by atoms with Crippen molar-refractivity contribution < 1.29 is 14.7 Å². The van der Waals surface area contributed by atoms with Crippen LogP contribution in [0.4, 0.5) is 0 Å². The van der Waals surface area contributed by atoms with Gasteiger partial charge in [0.1, 0.15) is 0 Å². The van der Waals surface area contributed by atoms with Gasteiger partial charge in [0.2, 0.25) is 5.91 Å². The zero-order valence-corrected chi connectivity index (χ0v) is 10.0. The van der Waals surface area contributed by atoms with Crippen molar-refractivity contribution in [2.24, 2.45) is 0 Å². The Hall–Kier alpha value is -1.10. The van der Waals surface area contributed by atoms with E-state index < -0.39 is 5.97 Å². The van der Waals surface area contributed by atoms with Gasteiger partial charge in [-0.15, -0.1) is 0 Å². The van der Waals surface area contributed by atoms with Gasteiger partial charge in [-0.2, -0.15) is 0 Å². The van der Waals surface area contributed by atoms with Crippen molar-refractivity contribution in [3.05, 3.63) is 0 Å². The van der Waals surface area contributed by atoms with E-state index in [1.165, 1.54) is 0 Å². The number of carboxylic acids is 1. The number of carbonyl (C=O) groups is 2. The molecule has 2 heterocycles. The second-order valence-electron chi connectivity index (χ2n) is 5.05. The number of aliphatic carboxylic acids is 1. The molecule has 0 aromatic carbocycles. The highest BCUT2D eigenvalue weighted by Gasteiger charge is 2.29. The summed E-state index contributed by atoms with van der Waals surface area (Å²) in [5.74, 6) is -0.598. The van der Waals surface area contributed by atoms with Crippen LogP contribution in [-0.4, -0.2) is 47.1 Å². The molecule has 0 radical (unpaired) electrons. The first kappa shape index (κ1) is 12.4. The minimum Gasteiger partial charge on any atom is -0.481 e. The van der Waals surface area contributed by atoms with Crippen molar-refractivity contribution >= 4 is 11.9 Å². The summed E-state index contributed by atoms with van der Waals surface area (Å²) in [5, 5.41) is 11.8. The molecule has 96 valence electrons. The number of nitrogens with one attached hydrogen (secondary N) is 1. The maximum atomic E-state index is 11.1. The molecule has 0 spiro atoms.